The molecular weight excluding hydrogens is 293 g/mol. The summed E-state index contributed by atoms with van der Waals surface area (Å²) in [6, 6.07) is 1.65. The molecule has 0 saturated carbocycles. The van der Waals surface area contributed by atoms with Crippen LogP contribution in [0.3, 0.4) is 0 Å². The van der Waals surface area contributed by atoms with E-state index in [9.17, 15) is 13.2 Å². The Morgan fingerprint density at radius 1 is 1.21 bits per heavy atom. The molecule has 0 radical (unpaired) electrons. The first-order chi connectivity index (χ1) is 9.06. The van der Waals surface area contributed by atoms with E-state index in [2.05, 4.69) is 5.43 Å². The van der Waals surface area contributed by atoms with Gasteiger partial charge in [0.2, 0.25) is 0 Å². The van der Waals surface area contributed by atoms with Crippen LogP contribution in [-0.4, -0.2) is 22.0 Å². The summed E-state index contributed by atoms with van der Waals surface area (Å²) in [5.41, 5.74) is 2.62. The van der Waals surface area contributed by atoms with Crippen molar-refractivity contribution in [3.63, 3.8) is 0 Å². The number of thioether (sulfide) groups is 2. The van der Waals surface area contributed by atoms with Crippen molar-refractivity contribution >= 4 is 23.5 Å². The molecule has 0 aliphatic carbocycles. The van der Waals surface area contributed by atoms with E-state index >= 15 is 0 Å². The van der Waals surface area contributed by atoms with Gasteiger partial charge in [0, 0.05) is 27.6 Å². The molecule has 1 fully saturated rings. The average molecular weight is 308 g/mol. The molecule has 1 aromatic carbocycles. The molecule has 3 unspecified atom stereocenters. The Morgan fingerprint density at radius 3 is 2.53 bits per heavy atom. The van der Waals surface area contributed by atoms with Crippen molar-refractivity contribution in [2.75, 3.05) is 11.5 Å². The molecule has 19 heavy (non-hydrogen) atoms. The summed E-state index contributed by atoms with van der Waals surface area (Å²) in [5, 5.41) is 0.274. The maximum absolute atomic E-state index is 13.9. The third-order valence-electron chi connectivity index (χ3n) is 3.15. The molecule has 1 aromatic rings. The number of hydrazine groups is 1. The van der Waals surface area contributed by atoms with Crippen molar-refractivity contribution in [2.45, 2.75) is 23.5 Å². The highest BCUT2D eigenvalue weighted by atomic mass is 32.2. The van der Waals surface area contributed by atoms with Crippen molar-refractivity contribution in [2.24, 2.45) is 5.84 Å². The van der Waals surface area contributed by atoms with Crippen LogP contribution in [0.4, 0.5) is 13.2 Å². The van der Waals surface area contributed by atoms with E-state index < -0.39 is 23.5 Å². The molecule has 106 valence electrons. The normalized spacial score (nSPS) is 25.3. The van der Waals surface area contributed by atoms with E-state index in [1.54, 1.807) is 23.5 Å². The Morgan fingerprint density at radius 2 is 1.89 bits per heavy atom. The summed E-state index contributed by atoms with van der Waals surface area (Å²) in [4.78, 5) is 0. The highest BCUT2D eigenvalue weighted by Gasteiger charge is 2.33. The minimum Gasteiger partial charge on any atom is -0.271 e. The Kier molecular flexibility index (Phi) is 5.05. The summed E-state index contributed by atoms with van der Waals surface area (Å²) in [6.07, 6.45) is 0. The summed E-state index contributed by atoms with van der Waals surface area (Å²) in [6.45, 7) is 2.03. The van der Waals surface area contributed by atoms with Gasteiger partial charge in [-0.3, -0.25) is 11.3 Å². The van der Waals surface area contributed by atoms with Crippen LogP contribution < -0.4 is 11.3 Å². The van der Waals surface area contributed by atoms with E-state index in [-0.39, 0.29) is 16.1 Å². The third kappa shape index (κ3) is 3.04. The molecule has 0 amide bonds. The minimum atomic E-state index is -1.45. The highest BCUT2D eigenvalue weighted by molar-refractivity contribution is 8.07. The molecule has 3 atom stereocenters. The lowest BCUT2D eigenvalue weighted by molar-refractivity contribution is 0.421. The second-order valence-corrected chi connectivity index (χ2v) is 7.09. The molecule has 2 nitrogen and oxygen atoms in total. The van der Waals surface area contributed by atoms with Crippen LogP contribution in [0.1, 0.15) is 18.5 Å². The van der Waals surface area contributed by atoms with Gasteiger partial charge in [-0.25, -0.2) is 13.2 Å². The highest BCUT2D eigenvalue weighted by Crippen LogP contribution is 2.39. The topological polar surface area (TPSA) is 38.0 Å². The first-order valence-electron chi connectivity index (χ1n) is 5.89. The van der Waals surface area contributed by atoms with Crippen molar-refractivity contribution in [3.05, 3.63) is 35.1 Å². The fourth-order valence-electron chi connectivity index (χ4n) is 2.16. The Balaban J connectivity index is 2.34. The van der Waals surface area contributed by atoms with Gasteiger partial charge < -0.3 is 0 Å². The van der Waals surface area contributed by atoms with Gasteiger partial charge in [-0.05, 0) is 6.07 Å². The van der Waals surface area contributed by atoms with Crippen LogP contribution in [0.2, 0.25) is 0 Å². The lowest BCUT2D eigenvalue weighted by Crippen LogP contribution is -2.41. The molecule has 2 rings (SSSR count). The molecule has 1 saturated heterocycles. The maximum Gasteiger partial charge on any atom is 0.194 e. The largest absolute Gasteiger partial charge is 0.271 e. The number of hydrogen-bond donors (Lipinski definition) is 2. The zero-order valence-corrected chi connectivity index (χ0v) is 12.0. The van der Waals surface area contributed by atoms with Gasteiger partial charge in [-0.15, -0.1) is 0 Å². The summed E-state index contributed by atoms with van der Waals surface area (Å²) >= 11 is 3.44. The van der Waals surface area contributed by atoms with Crippen LogP contribution >= 0.6 is 23.5 Å². The molecule has 7 heteroatoms. The van der Waals surface area contributed by atoms with Gasteiger partial charge in [-0.1, -0.05) is 13.0 Å². The van der Waals surface area contributed by atoms with Gasteiger partial charge in [0.15, 0.2) is 17.5 Å². The number of halogens is 3. The number of benzene rings is 1. The molecule has 1 heterocycles. The zero-order chi connectivity index (χ0) is 14.0. The number of rotatable bonds is 3. The van der Waals surface area contributed by atoms with Crippen molar-refractivity contribution in [1.29, 1.82) is 0 Å². The zero-order valence-electron chi connectivity index (χ0n) is 10.3. The SMILES string of the molecule is CC1SCCSC1C(NN)c1ccc(F)c(F)c1F. The first kappa shape index (κ1) is 15.0. The molecule has 0 aromatic heterocycles. The van der Waals surface area contributed by atoms with E-state index in [4.69, 9.17) is 5.84 Å². The minimum absolute atomic E-state index is 0.0168. The average Bonchev–Trinajstić information content (AvgIpc) is 2.41. The molecule has 1 aliphatic heterocycles. The second kappa shape index (κ2) is 6.39. The van der Waals surface area contributed by atoms with Crippen LogP contribution in [0, 0.1) is 17.5 Å². The first-order valence-corrected chi connectivity index (χ1v) is 7.98. The van der Waals surface area contributed by atoms with E-state index in [0.29, 0.717) is 0 Å². The summed E-state index contributed by atoms with van der Waals surface area (Å²) in [7, 11) is 0. The van der Waals surface area contributed by atoms with Crippen molar-refractivity contribution in [1.82, 2.24) is 5.43 Å². The number of hydrogen-bond acceptors (Lipinski definition) is 4. The van der Waals surface area contributed by atoms with Crippen molar-refractivity contribution in [3.8, 4) is 0 Å². The van der Waals surface area contributed by atoms with Gasteiger partial charge in [0.25, 0.3) is 0 Å². The van der Waals surface area contributed by atoms with Crippen LogP contribution in [-0.2, 0) is 0 Å². The van der Waals surface area contributed by atoms with Gasteiger partial charge in [0.1, 0.15) is 0 Å². The van der Waals surface area contributed by atoms with Gasteiger partial charge in [-0.2, -0.15) is 23.5 Å². The van der Waals surface area contributed by atoms with Crippen molar-refractivity contribution < 1.29 is 13.2 Å². The Hall–Kier alpha value is -0.370. The quantitative estimate of drug-likeness (QED) is 0.511. The lowest BCUT2D eigenvalue weighted by atomic mass is 10.0. The van der Waals surface area contributed by atoms with Crippen LogP contribution in [0.15, 0.2) is 12.1 Å². The van der Waals surface area contributed by atoms with E-state index in [0.717, 1.165) is 17.6 Å². The maximum atomic E-state index is 13.9. The fraction of sp³-hybridized carbons (Fsp3) is 0.500. The summed E-state index contributed by atoms with van der Waals surface area (Å²) < 4.78 is 40.1. The second-order valence-electron chi connectivity index (χ2n) is 4.32. The van der Waals surface area contributed by atoms with Crippen LogP contribution in [0.25, 0.3) is 0 Å². The monoisotopic (exact) mass is 308 g/mol. The predicted octanol–water partition coefficient (Wildman–Crippen LogP) is 2.85. The molecule has 3 N–H and O–H groups in total. The van der Waals surface area contributed by atoms with Gasteiger partial charge >= 0.3 is 0 Å². The fourth-order valence-corrected chi connectivity index (χ4v) is 5.08. The standard InChI is InChI=1S/C12H15F3N2S2/c1-6-12(19-5-4-18-6)11(17-16)7-2-3-8(13)10(15)9(7)14/h2-3,6,11-12,17H,4-5,16H2,1H3. The molecular formula is C12H15F3N2S2. The van der Waals surface area contributed by atoms with E-state index in [1.165, 1.54) is 6.07 Å². The molecule has 1 aliphatic rings. The third-order valence-corrected chi connectivity index (χ3v) is 6.34. The predicted molar refractivity (Wildman–Crippen MR) is 74.5 cm³/mol. The number of nitrogens with one attached hydrogen (secondary N) is 1. The smallest absolute Gasteiger partial charge is 0.194 e. The molecule has 0 spiro atoms. The molecule has 0 bridgehead atoms. The van der Waals surface area contributed by atoms with E-state index in [1.807, 2.05) is 6.92 Å². The lowest BCUT2D eigenvalue weighted by Gasteiger charge is -2.34. The summed E-state index contributed by atoms with van der Waals surface area (Å²) in [5.74, 6) is 3.67. The number of nitrogens with two attached hydrogens (primary N) is 1. The van der Waals surface area contributed by atoms with Crippen LogP contribution in [0.5, 0.6) is 0 Å². The van der Waals surface area contributed by atoms with Gasteiger partial charge in [0.05, 0.1) is 6.04 Å². The Labute approximate surface area is 118 Å². The Bertz CT molecular complexity index is 459.